The predicted molar refractivity (Wildman–Crippen MR) is 93.1 cm³/mol. The van der Waals surface area contributed by atoms with Crippen molar-refractivity contribution in [3.05, 3.63) is 54.0 Å². The summed E-state index contributed by atoms with van der Waals surface area (Å²) in [5.74, 6) is -0.215. The Bertz CT molecular complexity index is 734. The summed E-state index contributed by atoms with van der Waals surface area (Å²) in [7, 11) is 0. The summed E-state index contributed by atoms with van der Waals surface area (Å²) in [5, 5.41) is 15.8. The normalized spacial score (nSPS) is 11.4. The van der Waals surface area contributed by atoms with Gasteiger partial charge in [-0.2, -0.15) is 5.10 Å². The molecular formula is C18H21N3O4. The quantitative estimate of drug-likeness (QED) is 0.406. The van der Waals surface area contributed by atoms with Crippen LogP contribution < -0.4 is 10.7 Å². The third kappa shape index (κ3) is 6.50. The number of phenols is 1. The van der Waals surface area contributed by atoms with Crippen LogP contribution in [0.25, 0.3) is 0 Å². The van der Waals surface area contributed by atoms with Crippen molar-refractivity contribution in [1.29, 1.82) is 0 Å². The molecule has 0 atom stereocenters. The number of amides is 2. The van der Waals surface area contributed by atoms with Crippen LogP contribution in [0.2, 0.25) is 0 Å². The van der Waals surface area contributed by atoms with Crippen molar-refractivity contribution >= 4 is 18.0 Å². The molecule has 25 heavy (non-hydrogen) atoms. The highest BCUT2D eigenvalue weighted by atomic mass is 16.3. The lowest BCUT2D eigenvalue weighted by Crippen LogP contribution is -2.46. The van der Waals surface area contributed by atoms with E-state index in [-0.39, 0.29) is 12.2 Å². The largest absolute Gasteiger partial charge is 0.508 e. The van der Waals surface area contributed by atoms with E-state index in [0.717, 1.165) is 5.56 Å². The smallest absolute Gasteiger partial charge is 0.249 e. The van der Waals surface area contributed by atoms with Crippen LogP contribution in [0.3, 0.4) is 0 Å². The molecule has 1 aromatic carbocycles. The number of nitrogens with one attached hydrogen (secondary N) is 2. The number of hydrogen-bond acceptors (Lipinski definition) is 5. The Kier molecular flexibility index (Phi) is 5.94. The molecule has 0 unspecified atom stereocenters. The van der Waals surface area contributed by atoms with E-state index in [4.69, 9.17) is 4.42 Å². The van der Waals surface area contributed by atoms with Gasteiger partial charge in [0.05, 0.1) is 12.5 Å². The van der Waals surface area contributed by atoms with Gasteiger partial charge in [0, 0.05) is 5.54 Å². The Morgan fingerprint density at radius 2 is 1.92 bits per heavy atom. The molecule has 0 radical (unpaired) electrons. The number of aromatic hydroxyl groups is 1. The average Bonchev–Trinajstić information content (AvgIpc) is 3.02. The molecule has 2 rings (SSSR count). The molecule has 0 bridgehead atoms. The molecule has 0 aliphatic carbocycles. The summed E-state index contributed by atoms with van der Waals surface area (Å²) in [6.07, 6.45) is 3.09. The SMILES string of the molecule is CC(C)(Cc1ccc(O)cc1)NC(=O)CC(=O)N/N=C/c1ccco1. The molecule has 7 nitrogen and oxygen atoms in total. The second-order valence-electron chi connectivity index (χ2n) is 6.26. The topological polar surface area (TPSA) is 104 Å². The highest BCUT2D eigenvalue weighted by Crippen LogP contribution is 2.16. The third-order valence-corrected chi connectivity index (χ3v) is 3.31. The summed E-state index contributed by atoms with van der Waals surface area (Å²) < 4.78 is 5.03. The monoisotopic (exact) mass is 343 g/mol. The Morgan fingerprint density at radius 3 is 2.56 bits per heavy atom. The predicted octanol–water partition coefficient (Wildman–Crippen LogP) is 1.96. The minimum absolute atomic E-state index is 0.192. The Balaban J connectivity index is 1.79. The van der Waals surface area contributed by atoms with Crippen molar-refractivity contribution in [3.8, 4) is 5.75 Å². The van der Waals surface area contributed by atoms with Crippen LogP contribution in [-0.2, 0) is 16.0 Å². The molecule has 0 spiro atoms. The first-order chi connectivity index (χ1) is 11.8. The van der Waals surface area contributed by atoms with Crippen molar-refractivity contribution in [2.24, 2.45) is 5.10 Å². The Hall–Kier alpha value is -3.09. The highest BCUT2D eigenvalue weighted by molar-refractivity contribution is 5.97. The average molecular weight is 343 g/mol. The lowest BCUT2D eigenvalue weighted by Gasteiger charge is -2.26. The second-order valence-corrected chi connectivity index (χ2v) is 6.26. The van der Waals surface area contributed by atoms with Crippen LogP contribution in [0.4, 0.5) is 0 Å². The minimum atomic E-state index is -0.536. The summed E-state index contributed by atoms with van der Waals surface area (Å²) in [4.78, 5) is 23.7. The zero-order chi connectivity index (χ0) is 18.3. The number of carbonyl (C=O) groups excluding carboxylic acids is 2. The summed E-state index contributed by atoms with van der Waals surface area (Å²) in [6, 6.07) is 10.2. The summed E-state index contributed by atoms with van der Waals surface area (Å²) >= 11 is 0. The van der Waals surface area contributed by atoms with E-state index in [1.165, 1.54) is 12.5 Å². The van der Waals surface area contributed by atoms with Gasteiger partial charge in [-0.15, -0.1) is 0 Å². The van der Waals surface area contributed by atoms with Crippen LogP contribution >= 0.6 is 0 Å². The first-order valence-corrected chi connectivity index (χ1v) is 7.78. The number of benzene rings is 1. The van der Waals surface area contributed by atoms with E-state index >= 15 is 0 Å². The maximum absolute atomic E-state index is 12.0. The van der Waals surface area contributed by atoms with E-state index in [1.807, 2.05) is 13.8 Å². The number of hydrazone groups is 1. The molecule has 0 saturated carbocycles. The zero-order valence-electron chi connectivity index (χ0n) is 14.2. The second kappa shape index (κ2) is 8.14. The van der Waals surface area contributed by atoms with Crippen molar-refractivity contribution in [2.45, 2.75) is 32.2 Å². The van der Waals surface area contributed by atoms with Crippen molar-refractivity contribution < 1.29 is 19.1 Å². The molecule has 0 fully saturated rings. The third-order valence-electron chi connectivity index (χ3n) is 3.31. The van der Waals surface area contributed by atoms with Crippen LogP contribution in [0.1, 0.15) is 31.6 Å². The molecular weight excluding hydrogens is 322 g/mol. The maximum Gasteiger partial charge on any atom is 0.249 e. The first kappa shape index (κ1) is 18.3. The van der Waals surface area contributed by atoms with Gasteiger partial charge < -0.3 is 14.8 Å². The molecule has 3 N–H and O–H groups in total. The lowest BCUT2D eigenvalue weighted by atomic mass is 9.94. The fourth-order valence-electron chi connectivity index (χ4n) is 2.31. The number of nitrogens with zero attached hydrogens (tertiary/aromatic N) is 1. The number of hydrogen-bond donors (Lipinski definition) is 3. The highest BCUT2D eigenvalue weighted by Gasteiger charge is 2.22. The number of furan rings is 1. The van der Waals surface area contributed by atoms with Gasteiger partial charge in [0.2, 0.25) is 11.8 Å². The molecule has 132 valence electrons. The molecule has 2 aromatic rings. The lowest BCUT2D eigenvalue weighted by molar-refractivity contribution is -0.130. The van der Waals surface area contributed by atoms with Gasteiger partial charge in [0.1, 0.15) is 17.9 Å². The molecule has 1 aromatic heterocycles. The van der Waals surface area contributed by atoms with Gasteiger partial charge in [-0.25, -0.2) is 5.43 Å². The van der Waals surface area contributed by atoms with E-state index in [2.05, 4.69) is 15.8 Å². The van der Waals surface area contributed by atoms with Crippen LogP contribution in [-0.4, -0.2) is 28.7 Å². The van der Waals surface area contributed by atoms with Gasteiger partial charge in [-0.1, -0.05) is 12.1 Å². The Labute approximate surface area is 145 Å². The van der Waals surface area contributed by atoms with Crippen molar-refractivity contribution in [3.63, 3.8) is 0 Å². The van der Waals surface area contributed by atoms with E-state index in [9.17, 15) is 14.7 Å². The molecule has 0 saturated heterocycles. The fraction of sp³-hybridized carbons (Fsp3) is 0.278. The van der Waals surface area contributed by atoms with E-state index in [1.54, 1.807) is 36.4 Å². The van der Waals surface area contributed by atoms with Crippen LogP contribution in [0, 0.1) is 0 Å². The fourth-order valence-corrected chi connectivity index (χ4v) is 2.31. The van der Waals surface area contributed by atoms with Crippen molar-refractivity contribution in [1.82, 2.24) is 10.7 Å². The standard InChI is InChI=1S/C18H21N3O4/c1-18(2,11-13-5-7-14(22)8-6-13)20-16(23)10-17(24)21-19-12-15-4-3-9-25-15/h3-9,12,22H,10-11H2,1-2H3,(H,20,23)(H,21,24)/b19-12+. The summed E-state index contributed by atoms with van der Waals surface area (Å²) in [5.41, 5.74) is 2.71. The molecule has 2 amide bonds. The number of carbonyl (C=O) groups is 2. The minimum Gasteiger partial charge on any atom is -0.508 e. The van der Waals surface area contributed by atoms with Crippen molar-refractivity contribution in [2.75, 3.05) is 0 Å². The van der Waals surface area contributed by atoms with Crippen LogP contribution in [0.5, 0.6) is 5.75 Å². The summed E-state index contributed by atoms with van der Waals surface area (Å²) in [6.45, 7) is 3.73. The molecule has 0 aliphatic heterocycles. The number of rotatable bonds is 7. The van der Waals surface area contributed by atoms with E-state index < -0.39 is 17.4 Å². The van der Waals surface area contributed by atoms with Gasteiger partial charge in [-0.3, -0.25) is 9.59 Å². The van der Waals surface area contributed by atoms with Gasteiger partial charge >= 0.3 is 0 Å². The maximum atomic E-state index is 12.0. The van der Waals surface area contributed by atoms with Gasteiger partial charge in [-0.05, 0) is 50.1 Å². The zero-order valence-corrected chi connectivity index (χ0v) is 14.2. The first-order valence-electron chi connectivity index (χ1n) is 7.78. The molecule has 7 heteroatoms. The number of phenolic OH excluding ortho intramolecular Hbond substituents is 1. The van der Waals surface area contributed by atoms with E-state index in [0.29, 0.717) is 12.2 Å². The molecule has 1 heterocycles. The molecule has 0 aliphatic rings. The van der Waals surface area contributed by atoms with Gasteiger partial charge in [0.15, 0.2) is 0 Å². The van der Waals surface area contributed by atoms with Crippen LogP contribution in [0.15, 0.2) is 52.2 Å². The Morgan fingerprint density at radius 1 is 1.20 bits per heavy atom. The van der Waals surface area contributed by atoms with Gasteiger partial charge in [0.25, 0.3) is 0 Å².